The van der Waals surface area contributed by atoms with Crippen LogP contribution in [0.5, 0.6) is 0 Å². The Balaban J connectivity index is 1.81. The SMILES string of the molecule is O=C1C(=O)C(Nc2cccc(-c3nn[nH]n3)c2)C1O. The quantitative estimate of drug-likeness (QED) is 0.614. The van der Waals surface area contributed by atoms with Crippen LogP contribution in [0, 0.1) is 0 Å². The second kappa shape index (κ2) is 4.25. The molecule has 0 radical (unpaired) electrons. The summed E-state index contributed by atoms with van der Waals surface area (Å²) in [7, 11) is 0. The maximum absolute atomic E-state index is 11.3. The topological polar surface area (TPSA) is 121 Å². The first-order chi connectivity index (χ1) is 9.16. The molecular weight excluding hydrogens is 250 g/mol. The summed E-state index contributed by atoms with van der Waals surface area (Å²) >= 11 is 0. The van der Waals surface area contributed by atoms with Crippen molar-refractivity contribution in [1.82, 2.24) is 20.6 Å². The fraction of sp³-hybridized carbons (Fsp3) is 0.182. The predicted molar refractivity (Wildman–Crippen MR) is 63.0 cm³/mol. The number of H-pyrrole nitrogens is 1. The molecule has 1 saturated carbocycles. The van der Waals surface area contributed by atoms with Crippen LogP contribution in [-0.2, 0) is 9.59 Å². The summed E-state index contributed by atoms with van der Waals surface area (Å²) in [6, 6.07) is 6.05. The molecule has 8 nitrogen and oxygen atoms in total. The van der Waals surface area contributed by atoms with Gasteiger partial charge in [0, 0.05) is 11.3 Å². The lowest BCUT2D eigenvalue weighted by Crippen LogP contribution is -2.61. The molecule has 1 aliphatic rings. The van der Waals surface area contributed by atoms with Gasteiger partial charge in [0.25, 0.3) is 0 Å². The number of aliphatic hydroxyl groups is 1. The molecule has 1 fully saturated rings. The zero-order valence-corrected chi connectivity index (χ0v) is 9.57. The summed E-state index contributed by atoms with van der Waals surface area (Å²) in [5, 5.41) is 25.7. The molecule has 3 N–H and O–H groups in total. The molecule has 2 aromatic rings. The van der Waals surface area contributed by atoms with Crippen molar-refractivity contribution in [3.63, 3.8) is 0 Å². The largest absolute Gasteiger partial charge is 0.382 e. The van der Waals surface area contributed by atoms with E-state index in [1.165, 1.54) is 0 Å². The van der Waals surface area contributed by atoms with E-state index in [1.54, 1.807) is 24.3 Å². The standard InChI is InChI=1S/C11H9N5O3/c17-8-7(9(18)10(8)19)12-6-3-1-2-5(4-6)11-13-15-16-14-11/h1-4,7-8,12,17H,(H,13,14,15,16). The van der Waals surface area contributed by atoms with Crippen LogP contribution in [-0.4, -0.2) is 49.4 Å². The summed E-state index contributed by atoms with van der Waals surface area (Å²) in [5.74, 6) is -0.954. The Morgan fingerprint density at radius 3 is 2.79 bits per heavy atom. The van der Waals surface area contributed by atoms with Gasteiger partial charge in [-0.3, -0.25) is 9.59 Å². The van der Waals surface area contributed by atoms with Gasteiger partial charge in [0.05, 0.1) is 0 Å². The lowest BCUT2D eigenvalue weighted by atomic mass is 9.85. The van der Waals surface area contributed by atoms with Crippen LogP contribution >= 0.6 is 0 Å². The van der Waals surface area contributed by atoms with Crippen LogP contribution in [0.15, 0.2) is 24.3 Å². The number of ketones is 2. The van der Waals surface area contributed by atoms with Crippen LogP contribution < -0.4 is 5.32 Å². The Morgan fingerprint density at radius 1 is 1.26 bits per heavy atom. The number of hydrogen-bond acceptors (Lipinski definition) is 7. The van der Waals surface area contributed by atoms with E-state index in [-0.39, 0.29) is 0 Å². The van der Waals surface area contributed by atoms with Crippen LogP contribution in [0.2, 0.25) is 0 Å². The third-order valence-electron chi connectivity index (χ3n) is 2.90. The van der Waals surface area contributed by atoms with Crippen molar-refractivity contribution in [3.8, 4) is 11.4 Å². The van der Waals surface area contributed by atoms with Crippen molar-refractivity contribution in [2.45, 2.75) is 12.1 Å². The van der Waals surface area contributed by atoms with E-state index in [1.807, 2.05) is 0 Å². The first-order valence-electron chi connectivity index (χ1n) is 5.53. The van der Waals surface area contributed by atoms with E-state index in [9.17, 15) is 14.7 Å². The lowest BCUT2D eigenvalue weighted by Gasteiger charge is -2.30. The highest BCUT2D eigenvalue weighted by atomic mass is 16.3. The van der Waals surface area contributed by atoms with Crippen molar-refractivity contribution in [3.05, 3.63) is 24.3 Å². The molecule has 0 aliphatic heterocycles. The van der Waals surface area contributed by atoms with Gasteiger partial charge in [0.2, 0.25) is 17.4 Å². The number of benzene rings is 1. The number of rotatable bonds is 3. The van der Waals surface area contributed by atoms with Crippen molar-refractivity contribution in [1.29, 1.82) is 0 Å². The number of aliphatic hydroxyl groups excluding tert-OH is 1. The molecule has 8 heteroatoms. The monoisotopic (exact) mass is 259 g/mol. The number of anilines is 1. The normalized spacial score (nSPS) is 22.2. The van der Waals surface area contributed by atoms with Crippen LogP contribution in [0.4, 0.5) is 5.69 Å². The number of tetrazole rings is 1. The third kappa shape index (κ3) is 1.87. The van der Waals surface area contributed by atoms with Gasteiger partial charge in [0.15, 0.2) is 0 Å². The van der Waals surface area contributed by atoms with E-state index in [2.05, 4.69) is 25.9 Å². The lowest BCUT2D eigenvalue weighted by molar-refractivity contribution is -0.152. The highest BCUT2D eigenvalue weighted by Gasteiger charge is 2.48. The second-order valence-corrected chi connectivity index (χ2v) is 4.11. The summed E-state index contributed by atoms with van der Waals surface area (Å²) < 4.78 is 0. The Kier molecular flexibility index (Phi) is 2.57. The van der Waals surface area contributed by atoms with Gasteiger partial charge in [-0.25, -0.2) is 0 Å². The first-order valence-corrected chi connectivity index (χ1v) is 5.53. The van der Waals surface area contributed by atoms with Gasteiger partial charge in [-0.1, -0.05) is 12.1 Å². The Labute approximate surface area is 106 Å². The molecule has 0 saturated heterocycles. The molecule has 0 bridgehead atoms. The van der Waals surface area contributed by atoms with E-state index in [0.29, 0.717) is 17.1 Å². The Morgan fingerprint density at radius 2 is 2.11 bits per heavy atom. The molecule has 1 aliphatic carbocycles. The molecule has 0 spiro atoms. The van der Waals surface area contributed by atoms with Gasteiger partial charge < -0.3 is 10.4 Å². The number of aromatic amines is 1. The van der Waals surface area contributed by atoms with E-state index < -0.39 is 23.7 Å². The van der Waals surface area contributed by atoms with Gasteiger partial charge in [-0.2, -0.15) is 5.21 Å². The molecule has 1 aromatic heterocycles. The molecule has 1 heterocycles. The molecule has 1 aromatic carbocycles. The Bertz CT molecular complexity index is 640. The number of nitrogens with zero attached hydrogens (tertiary/aromatic N) is 3. The molecule has 3 rings (SSSR count). The fourth-order valence-electron chi connectivity index (χ4n) is 1.85. The molecule has 96 valence electrons. The van der Waals surface area contributed by atoms with E-state index in [0.717, 1.165) is 0 Å². The number of carbonyl (C=O) groups excluding carboxylic acids is 2. The highest BCUT2D eigenvalue weighted by molar-refractivity contribution is 6.49. The van der Waals surface area contributed by atoms with Gasteiger partial charge in [0.1, 0.15) is 12.1 Å². The van der Waals surface area contributed by atoms with Gasteiger partial charge >= 0.3 is 0 Å². The predicted octanol–water partition coefficient (Wildman–Crippen LogP) is -0.840. The maximum atomic E-state index is 11.3. The Hall–Kier alpha value is -2.61. The van der Waals surface area contributed by atoms with Crippen molar-refractivity contribution in [2.24, 2.45) is 0 Å². The van der Waals surface area contributed by atoms with Crippen molar-refractivity contribution >= 4 is 17.3 Å². The molecular formula is C11H9N5O3. The minimum Gasteiger partial charge on any atom is -0.382 e. The summed E-state index contributed by atoms with van der Waals surface area (Å²) in [5.41, 5.74) is 1.29. The first kappa shape index (κ1) is 11.5. The van der Waals surface area contributed by atoms with Crippen LogP contribution in [0.1, 0.15) is 0 Å². The molecule has 2 atom stereocenters. The minimum absolute atomic E-state index is 0.417. The maximum Gasteiger partial charge on any atom is 0.231 e. The zero-order valence-electron chi connectivity index (χ0n) is 9.57. The number of aromatic nitrogens is 4. The fourth-order valence-corrected chi connectivity index (χ4v) is 1.85. The van der Waals surface area contributed by atoms with Crippen LogP contribution in [0.3, 0.4) is 0 Å². The summed E-state index contributed by atoms with van der Waals surface area (Å²) in [4.78, 5) is 22.2. The highest BCUT2D eigenvalue weighted by Crippen LogP contribution is 2.22. The van der Waals surface area contributed by atoms with E-state index in [4.69, 9.17) is 0 Å². The zero-order chi connectivity index (χ0) is 13.4. The van der Waals surface area contributed by atoms with Crippen LogP contribution in [0.25, 0.3) is 11.4 Å². The average molecular weight is 259 g/mol. The summed E-state index contributed by atoms with van der Waals surface area (Å²) in [6.45, 7) is 0. The molecule has 0 amide bonds. The average Bonchev–Trinajstić information content (AvgIpc) is 2.98. The number of Topliss-reactive ketones (excluding diaryl/α,β-unsaturated/α-hetero) is 2. The smallest absolute Gasteiger partial charge is 0.231 e. The third-order valence-corrected chi connectivity index (χ3v) is 2.90. The number of nitrogens with one attached hydrogen (secondary N) is 2. The van der Waals surface area contributed by atoms with Gasteiger partial charge in [-0.15, -0.1) is 10.2 Å². The van der Waals surface area contributed by atoms with E-state index >= 15 is 0 Å². The summed E-state index contributed by atoms with van der Waals surface area (Å²) in [6.07, 6.45) is -1.28. The molecule has 2 unspecified atom stereocenters. The number of carbonyl (C=O) groups is 2. The molecule has 19 heavy (non-hydrogen) atoms. The number of hydrogen-bond donors (Lipinski definition) is 3. The van der Waals surface area contributed by atoms with Gasteiger partial charge in [-0.05, 0) is 17.3 Å². The van der Waals surface area contributed by atoms with Crippen molar-refractivity contribution < 1.29 is 14.7 Å². The van der Waals surface area contributed by atoms with Crippen molar-refractivity contribution in [2.75, 3.05) is 5.32 Å². The minimum atomic E-state index is -1.28. The second-order valence-electron chi connectivity index (χ2n) is 4.11.